The van der Waals surface area contributed by atoms with Gasteiger partial charge >= 0.3 is 11.9 Å². The van der Waals surface area contributed by atoms with Gasteiger partial charge in [0.15, 0.2) is 5.41 Å². The van der Waals surface area contributed by atoms with Crippen LogP contribution in [0.1, 0.15) is 26.3 Å². The first-order valence-electron chi connectivity index (χ1n) is 6.17. The molecule has 0 amide bonds. The second kappa shape index (κ2) is 7.01. The van der Waals surface area contributed by atoms with Crippen LogP contribution in [0.15, 0.2) is 18.2 Å². The standard InChI is InChI=1S/C14H16FIO4/c1-4-19-12(17)14(3,13(18)20-5-2)9-6-7-11(16)10(15)8-9/h6-8H,4-5H2,1-3H3. The number of esters is 2. The van der Waals surface area contributed by atoms with E-state index >= 15 is 0 Å². The second-order valence-corrected chi connectivity index (χ2v) is 5.36. The van der Waals surface area contributed by atoms with Gasteiger partial charge in [-0.1, -0.05) is 6.07 Å². The van der Waals surface area contributed by atoms with Gasteiger partial charge in [-0.15, -0.1) is 0 Å². The molecule has 1 rings (SSSR count). The molecule has 0 saturated carbocycles. The number of benzene rings is 1. The minimum absolute atomic E-state index is 0.126. The van der Waals surface area contributed by atoms with Gasteiger partial charge in [0.25, 0.3) is 0 Å². The molecule has 0 heterocycles. The van der Waals surface area contributed by atoms with E-state index in [4.69, 9.17) is 9.47 Å². The van der Waals surface area contributed by atoms with E-state index in [1.54, 1.807) is 13.8 Å². The summed E-state index contributed by atoms with van der Waals surface area (Å²) in [5.74, 6) is -2.00. The number of ether oxygens (including phenoxy) is 2. The molecule has 1 aromatic carbocycles. The highest BCUT2D eigenvalue weighted by atomic mass is 127. The summed E-state index contributed by atoms with van der Waals surface area (Å²) >= 11 is 1.83. The topological polar surface area (TPSA) is 52.6 Å². The van der Waals surface area contributed by atoms with Gasteiger partial charge in [-0.3, -0.25) is 9.59 Å². The van der Waals surface area contributed by atoms with E-state index in [0.29, 0.717) is 3.57 Å². The summed E-state index contributed by atoms with van der Waals surface area (Å²) in [6.07, 6.45) is 0. The van der Waals surface area contributed by atoms with Gasteiger partial charge in [0.2, 0.25) is 0 Å². The summed E-state index contributed by atoms with van der Waals surface area (Å²) in [7, 11) is 0. The molecule has 0 N–H and O–H groups in total. The van der Waals surface area contributed by atoms with Gasteiger partial charge in [-0.25, -0.2) is 4.39 Å². The smallest absolute Gasteiger partial charge is 0.327 e. The number of rotatable bonds is 5. The lowest BCUT2D eigenvalue weighted by atomic mass is 9.82. The molecule has 0 saturated heterocycles. The fourth-order valence-electron chi connectivity index (χ4n) is 1.68. The highest BCUT2D eigenvalue weighted by Gasteiger charge is 2.46. The number of carbonyl (C=O) groups excluding carboxylic acids is 2. The fraction of sp³-hybridized carbons (Fsp3) is 0.429. The summed E-state index contributed by atoms with van der Waals surface area (Å²) in [6.45, 7) is 4.90. The van der Waals surface area contributed by atoms with E-state index in [1.807, 2.05) is 22.6 Å². The zero-order valence-electron chi connectivity index (χ0n) is 11.5. The van der Waals surface area contributed by atoms with Crippen LogP contribution >= 0.6 is 22.6 Å². The summed E-state index contributed by atoms with van der Waals surface area (Å²) in [5.41, 5.74) is -1.45. The zero-order valence-corrected chi connectivity index (χ0v) is 13.7. The lowest BCUT2D eigenvalue weighted by Gasteiger charge is -2.25. The predicted molar refractivity (Wildman–Crippen MR) is 79.7 cm³/mol. The van der Waals surface area contributed by atoms with Crippen molar-refractivity contribution in [2.75, 3.05) is 13.2 Å². The Balaban J connectivity index is 3.32. The summed E-state index contributed by atoms with van der Waals surface area (Å²) in [4.78, 5) is 24.3. The Labute approximate surface area is 130 Å². The fourth-order valence-corrected chi connectivity index (χ4v) is 2.01. The van der Waals surface area contributed by atoms with Gasteiger partial charge in [-0.05, 0) is 61.1 Å². The maximum atomic E-state index is 13.7. The first-order valence-corrected chi connectivity index (χ1v) is 7.25. The lowest BCUT2D eigenvalue weighted by molar-refractivity contribution is -0.163. The van der Waals surface area contributed by atoms with E-state index in [2.05, 4.69) is 0 Å². The molecule has 0 radical (unpaired) electrons. The maximum Gasteiger partial charge on any atom is 0.327 e. The Bertz CT molecular complexity index is 498. The molecule has 0 aliphatic carbocycles. The molecule has 0 aliphatic heterocycles. The van der Waals surface area contributed by atoms with Crippen LogP contribution in [-0.2, 0) is 24.5 Å². The molecular formula is C14H16FIO4. The number of halogens is 2. The number of carbonyl (C=O) groups is 2. The largest absolute Gasteiger partial charge is 0.465 e. The number of hydrogen-bond donors (Lipinski definition) is 0. The van der Waals surface area contributed by atoms with Crippen molar-refractivity contribution in [2.24, 2.45) is 0 Å². The first-order chi connectivity index (χ1) is 9.37. The summed E-state index contributed by atoms with van der Waals surface area (Å²) in [5, 5.41) is 0. The van der Waals surface area contributed by atoms with E-state index in [-0.39, 0.29) is 18.8 Å². The third-order valence-electron chi connectivity index (χ3n) is 2.86. The minimum atomic E-state index is -1.67. The molecule has 0 atom stereocenters. The Morgan fingerprint density at radius 1 is 1.20 bits per heavy atom. The van der Waals surface area contributed by atoms with Crippen LogP contribution in [0, 0.1) is 9.39 Å². The molecule has 0 aliphatic rings. The van der Waals surface area contributed by atoms with Crippen LogP contribution in [-0.4, -0.2) is 25.2 Å². The van der Waals surface area contributed by atoms with Crippen LogP contribution in [0.4, 0.5) is 4.39 Å². The molecule has 0 spiro atoms. The van der Waals surface area contributed by atoms with Crippen molar-refractivity contribution < 1.29 is 23.5 Å². The molecule has 20 heavy (non-hydrogen) atoms. The van der Waals surface area contributed by atoms with Crippen LogP contribution < -0.4 is 0 Å². The van der Waals surface area contributed by atoms with Crippen molar-refractivity contribution in [1.29, 1.82) is 0 Å². The molecule has 0 fully saturated rings. The van der Waals surface area contributed by atoms with Crippen LogP contribution in [0.3, 0.4) is 0 Å². The van der Waals surface area contributed by atoms with E-state index in [1.165, 1.54) is 19.1 Å². The van der Waals surface area contributed by atoms with E-state index in [9.17, 15) is 14.0 Å². The molecule has 0 aromatic heterocycles. The van der Waals surface area contributed by atoms with Crippen molar-refractivity contribution >= 4 is 34.5 Å². The third kappa shape index (κ3) is 3.28. The van der Waals surface area contributed by atoms with Crippen LogP contribution in [0.25, 0.3) is 0 Å². The Morgan fingerprint density at radius 2 is 1.70 bits per heavy atom. The van der Waals surface area contributed by atoms with Crippen molar-refractivity contribution in [3.63, 3.8) is 0 Å². The SMILES string of the molecule is CCOC(=O)C(C)(C(=O)OCC)c1ccc(I)c(F)c1. The summed E-state index contributed by atoms with van der Waals surface area (Å²) < 4.78 is 24.0. The lowest BCUT2D eigenvalue weighted by Crippen LogP contribution is -2.43. The quantitative estimate of drug-likeness (QED) is 0.438. The highest BCUT2D eigenvalue weighted by molar-refractivity contribution is 14.1. The van der Waals surface area contributed by atoms with Gasteiger partial charge in [0.05, 0.1) is 13.2 Å². The molecular weight excluding hydrogens is 378 g/mol. The van der Waals surface area contributed by atoms with E-state index in [0.717, 1.165) is 6.07 Å². The van der Waals surface area contributed by atoms with Crippen LogP contribution in [0.2, 0.25) is 0 Å². The van der Waals surface area contributed by atoms with Crippen molar-refractivity contribution in [1.82, 2.24) is 0 Å². The van der Waals surface area contributed by atoms with Crippen molar-refractivity contribution in [2.45, 2.75) is 26.2 Å². The Morgan fingerprint density at radius 3 is 2.10 bits per heavy atom. The molecule has 1 aromatic rings. The van der Waals surface area contributed by atoms with Crippen molar-refractivity contribution in [3.8, 4) is 0 Å². The molecule has 0 bridgehead atoms. The minimum Gasteiger partial charge on any atom is -0.465 e. The maximum absolute atomic E-state index is 13.7. The van der Waals surface area contributed by atoms with Crippen molar-refractivity contribution in [3.05, 3.63) is 33.1 Å². The predicted octanol–water partition coefficient (Wildman–Crippen LogP) is 2.81. The molecule has 4 nitrogen and oxygen atoms in total. The van der Waals surface area contributed by atoms with Gasteiger partial charge in [0.1, 0.15) is 5.82 Å². The Kier molecular flexibility index (Phi) is 5.91. The molecule has 6 heteroatoms. The normalized spacial score (nSPS) is 11.1. The first kappa shape index (κ1) is 16.9. The van der Waals surface area contributed by atoms with E-state index < -0.39 is 23.2 Å². The second-order valence-electron chi connectivity index (χ2n) is 4.19. The molecule has 0 unspecified atom stereocenters. The number of hydrogen-bond acceptors (Lipinski definition) is 4. The van der Waals surface area contributed by atoms with Gasteiger partial charge in [0, 0.05) is 3.57 Å². The molecule has 110 valence electrons. The van der Waals surface area contributed by atoms with Gasteiger partial charge < -0.3 is 9.47 Å². The average molecular weight is 394 g/mol. The summed E-state index contributed by atoms with van der Waals surface area (Å²) in [6, 6.07) is 4.19. The average Bonchev–Trinajstić information content (AvgIpc) is 2.41. The highest BCUT2D eigenvalue weighted by Crippen LogP contribution is 2.29. The third-order valence-corrected chi connectivity index (χ3v) is 3.74. The zero-order chi connectivity index (χ0) is 15.3. The van der Waals surface area contributed by atoms with Crippen LogP contribution in [0.5, 0.6) is 0 Å². The Hall–Kier alpha value is -1.18. The van der Waals surface area contributed by atoms with Gasteiger partial charge in [-0.2, -0.15) is 0 Å². The monoisotopic (exact) mass is 394 g/mol.